The number of nitriles is 1. The van der Waals surface area contributed by atoms with Crippen LogP contribution in [0.5, 0.6) is 5.75 Å². The maximum Gasteiger partial charge on any atom is 0.417 e. The van der Waals surface area contributed by atoms with Crippen LogP contribution in [0.2, 0.25) is 0 Å². The van der Waals surface area contributed by atoms with Gasteiger partial charge in [-0.2, -0.15) is 18.4 Å². The molecular weight excluding hydrogens is 269 g/mol. The summed E-state index contributed by atoms with van der Waals surface area (Å²) in [6, 6.07) is 4.67. The maximum absolute atomic E-state index is 12.0. The molecule has 1 aromatic rings. The average Bonchev–Trinajstić information content (AvgIpc) is 2.34. The number of hydrogen-bond donors (Lipinski definition) is 1. The zero-order chi connectivity index (χ0) is 14.6. The summed E-state index contributed by atoms with van der Waals surface area (Å²) in [5.74, 6) is -0.452. The van der Waals surface area contributed by atoms with Crippen LogP contribution in [0.4, 0.5) is 18.9 Å². The topological polar surface area (TPSA) is 96.4 Å². The lowest BCUT2D eigenvalue weighted by Crippen LogP contribution is -2.34. The first-order valence-electron chi connectivity index (χ1n) is 4.82. The van der Waals surface area contributed by atoms with Gasteiger partial charge < -0.3 is 9.84 Å². The van der Waals surface area contributed by atoms with Gasteiger partial charge in [0.25, 0.3) is 0 Å². The number of alkyl halides is 3. The summed E-state index contributed by atoms with van der Waals surface area (Å²) in [5.41, 5.74) is -0.677. The Morgan fingerprint density at radius 3 is 2.63 bits per heavy atom. The number of benzene rings is 1. The summed E-state index contributed by atoms with van der Waals surface area (Å²) in [4.78, 5) is 9.77. The van der Waals surface area contributed by atoms with Crippen molar-refractivity contribution in [3.05, 3.63) is 33.9 Å². The van der Waals surface area contributed by atoms with Crippen LogP contribution < -0.4 is 4.74 Å². The molecule has 0 aliphatic heterocycles. The van der Waals surface area contributed by atoms with Crippen LogP contribution in [-0.4, -0.2) is 28.9 Å². The van der Waals surface area contributed by atoms with Gasteiger partial charge in [-0.15, -0.1) is 0 Å². The van der Waals surface area contributed by atoms with Gasteiger partial charge in [-0.3, -0.25) is 10.1 Å². The molecule has 102 valence electrons. The molecule has 6 nitrogen and oxygen atoms in total. The molecule has 0 radical (unpaired) electrons. The highest BCUT2D eigenvalue weighted by molar-refractivity contribution is 5.51. The zero-order valence-electron chi connectivity index (χ0n) is 9.22. The van der Waals surface area contributed by atoms with E-state index >= 15 is 0 Å². The van der Waals surface area contributed by atoms with Crippen LogP contribution in [0.1, 0.15) is 5.56 Å². The third-order valence-electron chi connectivity index (χ3n) is 2.06. The normalized spacial score (nSPS) is 12.6. The Balaban J connectivity index is 2.90. The molecule has 0 heterocycles. The standard InChI is InChI=1S/C10H7F3N2O4/c11-10(12,13)9(16)5-19-8-2-1-6(4-14)3-7(8)15(17)18/h1-3,9,16H,5H2/t9-/m0/s1. The van der Waals surface area contributed by atoms with Gasteiger partial charge >= 0.3 is 11.9 Å². The van der Waals surface area contributed by atoms with Crippen molar-refractivity contribution in [3.63, 3.8) is 0 Å². The third-order valence-corrected chi connectivity index (χ3v) is 2.06. The minimum atomic E-state index is -4.87. The quantitative estimate of drug-likeness (QED) is 0.667. The number of nitrogens with zero attached hydrogens (tertiary/aromatic N) is 2. The van der Waals surface area contributed by atoms with Gasteiger partial charge in [-0.25, -0.2) is 0 Å². The summed E-state index contributed by atoms with van der Waals surface area (Å²) in [6.07, 6.45) is -7.62. The SMILES string of the molecule is N#Cc1ccc(OC[C@H](O)C(F)(F)F)c([N+](=O)[O-])c1. The van der Waals surface area contributed by atoms with Crippen molar-refractivity contribution in [1.82, 2.24) is 0 Å². The Labute approximate surface area is 104 Å². The highest BCUT2D eigenvalue weighted by Crippen LogP contribution is 2.29. The van der Waals surface area contributed by atoms with Crippen molar-refractivity contribution < 1.29 is 27.9 Å². The van der Waals surface area contributed by atoms with Gasteiger partial charge in [0.15, 0.2) is 11.9 Å². The number of aliphatic hydroxyl groups excluding tert-OH is 1. The van der Waals surface area contributed by atoms with E-state index in [1.807, 2.05) is 0 Å². The summed E-state index contributed by atoms with van der Waals surface area (Å²) < 4.78 is 40.6. The van der Waals surface area contributed by atoms with Gasteiger partial charge in [0, 0.05) is 6.07 Å². The van der Waals surface area contributed by atoms with Crippen molar-refractivity contribution in [2.45, 2.75) is 12.3 Å². The van der Waals surface area contributed by atoms with Crippen molar-refractivity contribution in [2.24, 2.45) is 0 Å². The van der Waals surface area contributed by atoms with Crippen LogP contribution >= 0.6 is 0 Å². The summed E-state index contributed by atoms with van der Waals surface area (Å²) >= 11 is 0. The van der Waals surface area contributed by atoms with Gasteiger partial charge in [0.2, 0.25) is 0 Å². The van der Waals surface area contributed by atoms with E-state index in [-0.39, 0.29) is 5.56 Å². The minimum absolute atomic E-state index is 0.0320. The lowest BCUT2D eigenvalue weighted by Gasteiger charge is -2.15. The van der Waals surface area contributed by atoms with E-state index < -0.39 is 35.2 Å². The van der Waals surface area contributed by atoms with Gasteiger partial charge in [0.05, 0.1) is 16.6 Å². The fourth-order valence-electron chi connectivity index (χ4n) is 1.11. The molecule has 9 heteroatoms. The lowest BCUT2D eigenvalue weighted by molar-refractivity contribution is -0.386. The van der Waals surface area contributed by atoms with E-state index in [9.17, 15) is 23.3 Å². The molecule has 0 amide bonds. The predicted molar refractivity (Wildman–Crippen MR) is 55.4 cm³/mol. The van der Waals surface area contributed by atoms with Crippen LogP contribution in [-0.2, 0) is 0 Å². The third kappa shape index (κ3) is 3.82. The minimum Gasteiger partial charge on any atom is -0.484 e. The molecule has 0 saturated carbocycles. The molecule has 0 aliphatic rings. The molecule has 0 unspecified atom stereocenters. The Morgan fingerprint density at radius 1 is 1.53 bits per heavy atom. The number of hydrogen-bond acceptors (Lipinski definition) is 5. The fraction of sp³-hybridized carbons (Fsp3) is 0.300. The van der Waals surface area contributed by atoms with Crippen LogP contribution in [0.15, 0.2) is 18.2 Å². The molecule has 0 saturated heterocycles. The molecule has 0 aromatic heterocycles. The number of nitro benzene ring substituents is 1. The van der Waals surface area contributed by atoms with Crippen LogP contribution in [0.3, 0.4) is 0 Å². The number of nitro groups is 1. The fourth-order valence-corrected chi connectivity index (χ4v) is 1.11. The highest BCUT2D eigenvalue weighted by Gasteiger charge is 2.39. The number of rotatable bonds is 4. The Hall–Kier alpha value is -2.34. The summed E-state index contributed by atoms with van der Waals surface area (Å²) in [7, 11) is 0. The number of ether oxygens (including phenoxy) is 1. The smallest absolute Gasteiger partial charge is 0.417 e. The molecule has 0 fully saturated rings. The molecule has 0 spiro atoms. The number of aliphatic hydroxyl groups is 1. The Morgan fingerprint density at radius 2 is 2.16 bits per heavy atom. The zero-order valence-corrected chi connectivity index (χ0v) is 9.22. The second-order valence-electron chi connectivity index (χ2n) is 3.42. The van der Waals surface area contributed by atoms with Gasteiger partial charge in [-0.05, 0) is 12.1 Å². The first-order valence-corrected chi connectivity index (χ1v) is 4.82. The largest absolute Gasteiger partial charge is 0.484 e. The molecule has 1 rings (SSSR count). The van der Waals surface area contributed by atoms with Crippen molar-refractivity contribution in [1.29, 1.82) is 5.26 Å². The van der Waals surface area contributed by atoms with Gasteiger partial charge in [0.1, 0.15) is 6.61 Å². The summed E-state index contributed by atoms with van der Waals surface area (Å²) in [5, 5.41) is 27.9. The van der Waals surface area contributed by atoms with E-state index in [4.69, 9.17) is 10.4 Å². The Kier molecular flexibility index (Phi) is 4.29. The van der Waals surface area contributed by atoms with E-state index in [2.05, 4.69) is 4.74 Å². The van der Waals surface area contributed by atoms with Gasteiger partial charge in [-0.1, -0.05) is 0 Å². The highest BCUT2D eigenvalue weighted by atomic mass is 19.4. The second kappa shape index (κ2) is 5.53. The van der Waals surface area contributed by atoms with E-state index in [0.717, 1.165) is 18.2 Å². The predicted octanol–water partition coefficient (Wildman–Crippen LogP) is 1.77. The first-order chi connectivity index (χ1) is 8.75. The monoisotopic (exact) mass is 276 g/mol. The van der Waals surface area contributed by atoms with Crippen LogP contribution in [0, 0.1) is 21.4 Å². The maximum atomic E-state index is 12.0. The number of halogens is 3. The van der Waals surface area contributed by atoms with Crippen molar-refractivity contribution in [2.75, 3.05) is 6.61 Å². The van der Waals surface area contributed by atoms with E-state index in [1.165, 1.54) is 0 Å². The molecule has 0 aliphatic carbocycles. The summed E-state index contributed by atoms with van der Waals surface area (Å²) in [6.45, 7) is -1.17. The van der Waals surface area contributed by atoms with Crippen molar-refractivity contribution >= 4 is 5.69 Å². The lowest BCUT2D eigenvalue weighted by atomic mass is 10.2. The van der Waals surface area contributed by atoms with Crippen LogP contribution in [0.25, 0.3) is 0 Å². The molecule has 1 N–H and O–H groups in total. The van der Waals surface area contributed by atoms with Crippen molar-refractivity contribution in [3.8, 4) is 11.8 Å². The molecule has 0 bridgehead atoms. The molecule has 19 heavy (non-hydrogen) atoms. The second-order valence-corrected chi connectivity index (χ2v) is 3.42. The van der Waals surface area contributed by atoms with E-state index in [1.54, 1.807) is 6.07 Å². The Bertz CT molecular complexity index is 524. The molecular formula is C10H7F3N2O4. The molecule has 1 aromatic carbocycles. The average molecular weight is 276 g/mol. The van der Waals surface area contributed by atoms with E-state index in [0.29, 0.717) is 0 Å². The molecule has 1 atom stereocenters. The first kappa shape index (κ1) is 14.7.